The van der Waals surface area contributed by atoms with Gasteiger partial charge in [-0.15, -0.1) is 10.5 Å². The Morgan fingerprint density at radius 1 is 1.44 bits per heavy atom. The molecule has 0 aromatic heterocycles. The average Bonchev–Trinajstić information content (AvgIpc) is 2.80. The van der Waals surface area contributed by atoms with Gasteiger partial charge in [0.15, 0.2) is 0 Å². The second kappa shape index (κ2) is 6.02. The number of benzene rings is 1. The van der Waals surface area contributed by atoms with Crippen LogP contribution in [0.25, 0.3) is 0 Å². The molecule has 1 amide bonds. The van der Waals surface area contributed by atoms with Crippen LogP contribution >= 0.6 is 23.4 Å². The van der Waals surface area contributed by atoms with Crippen LogP contribution in [0.3, 0.4) is 0 Å². The number of amidine groups is 1. The largest absolute Gasteiger partial charge is 0.272 e. The number of amides is 1. The quantitative estimate of drug-likeness (QED) is 0.855. The fraction of sp³-hybridized carbons (Fsp3) is 0.250. The maximum absolute atomic E-state index is 11.7. The minimum absolute atomic E-state index is 0.181. The Balaban J connectivity index is 1.98. The predicted molar refractivity (Wildman–Crippen MR) is 75.0 cm³/mol. The molecule has 0 saturated carbocycles. The molecule has 0 atom stereocenters. The third kappa shape index (κ3) is 3.34. The molecule has 1 aromatic rings. The topological polar surface area (TPSA) is 55.9 Å². The molecule has 1 aromatic carbocycles. The average molecular weight is 281 g/mol. The second-order valence-electron chi connectivity index (χ2n) is 3.61. The zero-order valence-corrected chi connectivity index (χ0v) is 11.3. The fourth-order valence-electron chi connectivity index (χ4n) is 1.38. The maximum atomic E-state index is 11.7. The van der Waals surface area contributed by atoms with E-state index < -0.39 is 0 Å². The molecular weight excluding hydrogens is 270 g/mol. The van der Waals surface area contributed by atoms with E-state index in [1.54, 1.807) is 6.07 Å². The van der Waals surface area contributed by atoms with E-state index in [-0.39, 0.29) is 12.3 Å². The van der Waals surface area contributed by atoms with Crippen LogP contribution in [0, 0.1) is 0 Å². The summed E-state index contributed by atoms with van der Waals surface area (Å²) in [6.45, 7) is 1.98. The van der Waals surface area contributed by atoms with Crippen LogP contribution in [0.15, 0.2) is 34.4 Å². The van der Waals surface area contributed by atoms with Gasteiger partial charge in [0.05, 0.1) is 6.42 Å². The Labute approximate surface area is 115 Å². The van der Waals surface area contributed by atoms with Crippen LogP contribution in [-0.4, -0.2) is 16.1 Å². The fourth-order valence-corrected chi connectivity index (χ4v) is 2.25. The van der Waals surface area contributed by atoms with Crippen molar-refractivity contribution in [1.29, 1.82) is 0 Å². The second-order valence-corrected chi connectivity index (χ2v) is 5.05. The van der Waals surface area contributed by atoms with Crippen molar-refractivity contribution in [2.45, 2.75) is 19.8 Å². The van der Waals surface area contributed by atoms with E-state index in [4.69, 9.17) is 11.6 Å². The number of thioether (sulfide) groups is 1. The Morgan fingerprint density at radius 3 is 2.89 bits per heavy atom. The molecule has 1 heterocycles. The molecule has 1 radical (unpaired) electrons. The van der Waals surface area contributed by atoms with Gasteiger partial charge in [-0.1, -0.05) is 36.7 Å². The molecule has 0 fully saturated rings. The number of hydrogen-bond acceptors (Lipinski definition) is 3. The third-order valence-corrected chi connectivity index (χ3v) is 3.61. The monoisotopic (exact) mass is 280 g/mol. The normalized spacial score (nSPS) is 16.6. The summed E-state index contributed by atoms with van der Waals surface area (Å²) in [6, 6.07) is 7.23. The van der Waals surface area contributed by atoms with Gasteiger partial charge in [0, 0.05) is 5.02 Å². The number of hydrogen-bond donors (Lipinski definition) is 0. The lowest BCUT2D eigenvalue weighted by Gasteiger charge is -2.00. The molecule has 1 aliphatic heterocycles. The van der Waals surface area contributed by atoms with Gasteiger partial charge in [0.25, 0.3) is 5.91 Å². The minimum Gasteiger partial charge on any atom is -0.272 e. The van der Waals surface area contributed by atoms with Crippen molar-refractivity contribution in [2.75, 3.05) is 0 Å². The highest BCUT2D eigenvalue weighted by atomic mass is 35.5. The highest BCUT2D eigenvalue weighted by Crippen LogP contribution is 2.18. The van der Waals surface area contributed by atoms with Crippen molar-refractivity contribution in [1.82, 2.24) is 5.43 Å². The summed E-state index contributed by atoms with van der Waals surface area (Å²) in [4.78, 5) is 15.7. The number of carbonyl (C=O) groups excluding carboxylic acids is 1. The zero-order valence-electron chi connectivity index (χ0n) is 9.76. The molecule has 0 unspecified atom stereocenters. The van der Waals surface area contributed by atoms with E-state index in [1.165, 1.54) is 11.8 Å². The van der Waals surface area contributed by atoms with E-state index >= 15 is 0 Å². The smallest absolute Gasteiger partial charge is 0.252 e. The van der Waals surface area contributed by atoms with Gasteiger partial charge in [-0.05, 0) is 29.8 Å². The summed E-state index contributed by atoms with van der Waals surface area (Å²) in [7, 11) is 0. The molecule has 4 nitrogen and oxygen atoms in total. The SMILES string of the molecule is CCC1=N[N]C(=NC(=O)Cc2ccccc2Cl)S1. The van der Waals surface area contributed by atoms with Crippen molar-refractivity contribution in [2.24, 2.45) is 10.1 Å². The van der Waals surface area contributed by atoms with Crippen molar-refractivity contribution < 1.29 is 4.79 Å². The van der Waals surface area contributed by atoms with Crippen LogP contribution in [0.4, 0.5) is 0 Å². The van der Waals surface area contributed by atoms with Gasteiger partial charge in [-0.3, -0.25) is 4.79 Å². The third-order valence-electron chi connectivity index (χ3n) is 2.28. The van der Waals surface area contributed by atoms with Crippen LogP contribution in [0.2, 0.25) is 5.02 Å². The highest BCUT2D eigenvalue weighted by Gasteiger charge is 2.16. The number of aliphatic imine (C=N–C) groups is 1. The Morgan fingerprint density at radius 2 is 2.22 bits per heavy atom. The molecule has 0 N–H and O–H groups in total. The van der Waals surface area contributed by atoms with Gasteiger partial charge in [0.2, 0.25) is 5.17 Å². The number of nitrogens with zero attached hydrogens (tertiary/aromatic N) is 3. The lowest BCUT2D eigenvalue weighted by atomic mass is 10.1. The summed E-state index contributed by atoms with van der Waals surface area (Å²) < 4.78 is 0. The standard InChI is InChI=1S/C12H11ClN3OS/c1-2-11-15-16-12(18-11)14-10(17)7-8-5-3-4-6-9(8)13/h3-6H,2,7H2,1H3. The molecule has 1 aliphatic rings. The lowest BCUT2D eigenvalue weighted by Crippen LogP contribution is -2.07. The van der Waals surface area contributed by atoms with Gasteiger partial charge < -0.3 is 0 Å². The van der Waals surface area contributed by atoms with E-state index in [2.05, 4.69) is 15.5 Å². The van der Waals surface area contributed by atoms with Crippen LogP contribution < -0.4 is 5.43 Å². The first kappa shape index (κ1) is 13.1. The molecule has 18 heavy (non-hydrogen) atoms. The molecule has 6 heteroatoms. The van der Waals surface area contributed by atoms with E-state index in [0.717, 1.165) is 17.0 Å². The first-order valence-electron chi connectivity index (χ1n) is 5.49. The summed E-state index contributed by atoms with van der Waals surface area (Å²) in [6.07, 6.45) is 0.979. The Hall–Kier alpha value is -1.33. The zero-order chi connectivity index (χ0) is 13.0. The van der Waals surface area contributed by atoms with Crippen molar-refractivity contribution >= 4 is 39.5 Å². The summed E-state index contributed by atoms with van der Waals surface area (Å²) in [5.74, 6) is -0.262. The van der Waals surface area contributed by atoms with Gasteiger partial charge >= 0.3 is 0 Å². The number of rotatable bonds is 3. The minimum atomic E-state index is -0.262. The van der Waals surface area contributed by atoms with Crippen LogP contribution in [0.5, 0.6) is 0 Å². The molecule has 0 spiro atoms. The van der Waals surface area contributed by atoms with E-state index in [0.29, 0.717) is 10.2 Å². The van der Waals surface area contributed by atoms with Crippen molar-refractivity contribution in [3.63, 3.8) is 0 Å². The van der Waals surface area contributed by atoms with Gasteiger partial charge in [-0.2, -0.15) is 4.99 Å². The van der Waals surface area contributed by atoms with E-state index in [9.17, 15) is 4.79 Å². The molecule has 93 valence electrons. The molecule has 0 saturated heterocycles. The van der Waals surface area contributed by atoms with Crippen molar-refractivity contribution in [3.05, 3.63) is 34.9 Å². The number of halogens is 1. The number of carbonyl (C=O) groups is 1. The molecule has 0 bridgehead atoms. The van der Waals surface area contributed by atoms with E-state index in [1.807, 2.05) is 25.1 Å². The first-order chi connectivity index (χ1) is 8.69. The highest BCUT2D eigenvalue weighted by molar-refractivity contribution is 8.26. The molecular formula is C12H11ClN3OS. The van der Waals surface area contributed by atoms with Gasteiger partial charge in [0.1, 0.15) is 5.04 Å². The van der Waals surface area contributed by atoms with Gasteiger partial charge in [-0.25, -0.2) is 0 Å². The molecule has 0 aliphatic carbocycles. The first-order valence-corrected chi connectivity index (χ1v) is 6.69. The van der Waals surface area contributed by atoms with Crippen molar-refractivity contribution in [3.8, 4) is 0 Å². The molecule has 2 rings (SSSR count). The summed E-state index contributed by atoms with van der Waals surface area (Å²) in [5.41, 5.74) is 4.61. The van der Waals surface area contributed by atoms with Crippen LogP contribution in [0.1, 0.15) is 18.9 Å². The lowest BCUT2D eigenvalue weighted by molar-refractivity contribution is -0.117. The summed E-state index contributed by atoms with van der Waals surface area (Å²) in [5, 5.41) is 5.77. The predicted octanol–water partition coefficient (Wildman–Crippen LogP) is 2.84. The Bertz CT molecular complexity index is 528. The van der Waals surface area contributed by atoms with Crippen LogP contribution in [-0.2, 0) is 11.2 Å². The maximum Gasteiger partial charge on any atom is 0.252 e. The summed E-state index contributed by atoms with van der Waals surface area (Å²) >= 11 is 7.31. The Kier molecular flexibility index (Phi) is 4.38.